The van der Waals surface area contributed by atoms with Gasteiger partial charge in [-0.3, -0.25) is 4.90 Å². The highest BCUT2D eigenvalue weighted by Gasteiger charge is 2.33. The topological polar surface area (TPSA) is 29.5 Å². The zero-order valence-electron chi connectivity index (χ0n) is 8.96. The molecule has 0 amide bonds. The van der Waals surface area contributed by atoms with Gasteiger partial charge in [0.25, 0.3) is 0 Å². The molecule has 4 heteroatoms. The van der Waals surface area contributed by atoms with Crippen molar-refractivity contribution in [3.63, 3.8) is 0 Å². The lowest BCUT2D eigenvalue weighted by Crippen LogP contribution is -2.43. The van der Waals surface area contributed by atoms with Crippen LogP contribution in [0.4, 0.5) is 4.39 Å². The van der Waals surface area contributed by atoms with Gasteiger partial charge in [0.1, 0.15) is 0 Å². The number of nitrogens with zero attached hydrogens (tertiary/aromatic N) is 1. The van der Waals surface area contributed by atoms with Gasteiger partial charge >= 0.3 is 5.97 Å². The summed E-state index contributed by atoms with van der Waals surface area (Å²) in [6.07, 6.45) is 1.95. The number of fused-ring (bicyclic) bond motifs is 3. The van der Waals surface area contributed by atoms with E-state index in [4.69, 9.17) is 0 Å². The van der Waals surface area contributed by atoms with Gasteiger partial charge in [-0.25, -0.2) is 4.79 Å². The quantitative estimate of drug-likeness (QED) is 0.514. The minimum absolute atomic E-state index is 0.230. The zero-order valence-corrected chi connectivity index (χ0v) is 8.96. The van der Waals surface area contributed by atoms with Crippen molar-refractivity contribution in [2.75, 3.05) is 26.2 Å². The minimum Gasteiger partial charge on any atom is -0.461 e. The van der Waals surface area contributed by atoms with Crippen molar-refractivity contribution in [1.29, 1.82) is 0 Å². The number of rotatable bonds is 2. The monoisotopic (exact) mass is 213 g/mol. The number of hydrogen-bond acceptors (Lipinski definition) is 3. The second-order valence-electron chi connectivity index (χ2n) is 4.11. The fraction of sp³-hybridized carbons (Fsp3) is 0.727. The summed E-state index contributed by atoms with van der Waals surface area (Å²) < 4.78 is 18.4. The standard InChI is InChI=1S/C11H16FNO2/c1-2-15-11(14)10(12)9-7-13-5-3-8(9)4-6-13/h8H,2-7H2,1H3/b10-9+. The third kappa shape index (κ3) is 2.04. The summed E-state index contributed by atoms with van der Waals surface area (Å²) in [5.74, 6) is -1.17. The number of carbonyl (C=O) groups is 1. The molecule has 3 aliphatic heterocycles. The van der Waals surface area contributed by atoms with Gasteiger partial charge in [0.05, 0.1) is 6.61 Å². The van der Waals surface area contributed by atoms with Gasteiger partial charge in [0.2, 0.25) is 5.83 Å². The number of hydrogen-bond donors (Lipinski definition) is 0. The molecule has 0 spiro atoms. The Labute approximate surface area is 88.9 Å². The van der Waals surface area contributed by atoms with E-state index in [1.165, 1.54) is 0 Å². The van der Waals surface area contributed by atoms with Crippen molar-refractivity contribution in [1.82, 2.24) is 4.90 Å². The lowest BCUT2D eigenvalue weighted by atomic mass is 9.83. The molecular weight excluding hydrogens is 197 g/mol. The summed E-state index contributed by atoms with van der Waals surface area (Å²) >= 11 is 0. The van der Waals surface area contributed by atoms with E-state index in [0.29, 0.717) is 12.1 Å². The van der Waals surface area contributed by atoms with Crippen LogP contribution in [0.1, 0.15) is 19.8 Å². The van der Waals surface area contributed by atoms with Crippen LogP contribution in [-0.4, -0.2) is 37.1 Å². The average Bonchev–Trinajstić information content (AvgIpc) is 2.30. The molecule has 0 N–H and O–H groups in total. The van der Waals surface area contributed by atoms with Crippen molar-refractivity contribution >= 4 is 5.97 Å². The Bertz CT molecular complexity index is 293. The molecule has 0 atom stereocenters. The Hall–Kier alpha value is -0.900. The van der Waals surface area contributed by atoms with Crippen LogP contribution in [0.25, 0.3) is 0 Å². The first-order valence-electron chi connectivity index (χ1n) is 5.50. The smallest absolute Gasteiger partial charge is 0.367 e. The fourth-order valence-corrected chi connectivity index (χ4v) is 2.38. The van der Waals surface area contributed by atoms with Crippen molar-refractivity contribution in [2.45, 2.75) is 19.8 Å². The van der Waals surface area contributed by atoms with E-state index in [0.717, 1.165) is 25.9 Å². The summed E-state index contributed by atoms with van der Waals surface area (Å²) in [6, 6.07) is 0. The molecule has 0 aliphatic carbocycles. The predicted molar refractivity (Wildman–Crippen MR) is 53.9 cm³/mol. The highest BCUT2D eigenvalue weighted by atomic mass is 19.1. The van der Waals surface area contributed by atoms with E-state index >= 15 is 0 Å². The number of piperidine rings is 3. The number of ether oxygens (including phenoxy) is 1. The molecule has 15 heavy (non-hydrogen) atoms. The predicted octanol–water partition coefficient (Wildman–Crippen LogP) is 1.50. The molecule has 0 saturated carbocycles. The van der Waals surface area contributed by atoms with Crippen LogP contribution in [0.5, 0.6) is 0 Å². The molecule has 3 saturated heterocycles. The average molecular weight is 213 g/mol. The third-order valence-electron chi connectivity index (χ3n) is 3.21. The lowest BCUT2D eigenvalue weighted by Gasteiger charge is -2.40. The largest absolute Gasteiger partial charge is 0.461 e. The van der Waals surface area contributed by atoms with E-state index in [-0.39, 0.29) is 12.5 Å². The van der Waals surface area contributed by atoms with Gasteiger partial charge < -0.3 is 4.74 Å². The molecule has 3 nitrogen and oxygen atoms in total. The Morgan fingerprint density at radius 1 is 1.53 bits per heavy atom. The van der Waals surface area contributed by atoms with Crippen molar-refractivity contribution in [3.05, 3.63) is 11.4 Å². The van der Waals surface area contributed by atoms with Crippen LogP contribution >= 0.6 is 0 Å². The molecule has 0 radical (unpaired) electrons. The number of esters is 1. The molecule has 0 aromatic carbocycles. The summed E-state index contributed by atoms with van der Waals surface area (Å²) in [7, 11) is 0. The summed E-state index contributed by atoms with van der Waals surface area (Å²) in [5, 5.41) is 0. The molecular formula is C11H16FNO2. The summed E-state index contributed by atoms with van der Waals surface area (Å²) in [6.45, 7) is 4.59. The van der Waals surface area contributed by atoms with Gasteiger partial charge in [0, 0.05) is 6.54 Å². The molecule has 3 fully saturated rings. The molecule has 0 aromatic heterocycles. The highest BCUT2D eigenvalue weighted by molar-refractivity contribution is 5.87. The molecule has 3 aliphatic rings. The Balaban J connectivity index is 2.14. The van der Waals surface area contributed by atoms with Gasteiger partial charge in [-0.2, -0.15) is 4.39 Å². The summed E-state index contributed by atoms with van der Waals surface area (Å²) in [5.41, 5.74) is 0.658. The maximum absolute atomic E-state index is 13.7. The van der Waals surface area contributed by atoms with Gasteiger partial charge in [-0.05, 0) is 44.3 Å². The van der Waals surface area contributed by atoms with Crippen LogP contribution < -0.4 is 0 Å². The highest BCUT2D eigenvalue weighted by Crippen LogP contribution is 2.34. The van der Waals surface area contributed by atoms with Crippen molar-refractivity contribution in [3.8, 4) is 0 Å². The van der Waals surface area contributed by atoms with Crippen LogP contribution in [0.3, 0.4) is 0 Å². The van der Waals surface area contributed by atoms with Gasteiger partial charge in [-0.15, -0.1) is 0 Å². The summed E-state index contributed by atoms with van der Waals surface area (Å²) in [4.78, 5) is 13.4. The zero-order chi connectivity index (χ0) is 10.8. The first-order chi connectivity index (χ1) is 7.22. The third-order valence-corrected chi connectivity index (χ3v) is 3.21. The van der Waals surface area contributed by atoms with E-state index in [2.05, 4.69) is 9.64 Å². The SMILES string of the molecule is CCOC(=O)/C(F)=C1/CN2CCC1CC2. The van der Waals surface area contributed by atoms with Crippen molar-refractivity contribution < 1.29 is 13.9 Å². The van der Waals surface area contributed by atoms with Crippen LogP contribution in [0, 0.1) is 5.92 Å². The molecule has 3 rings (SSSR count). The second kappa shape index (κ2) is 4.31. The number of halogens is 1. The maximum atomic E-state index is 13.7. The minimum atomic E-state index is -0.791. The Kier molecular flexibility index (Phi) is 3.05. The first-order valence-corrected chi connectivity index (χ1v) is 5.50. The molecule has 3 heterocycles. The van der Waals surface area contributed by atoms with E-state index in [1.54, 1.807) is 6.92 Å². The normalized spacial score (nSPS) is 32.7. The molecule has 84 valence electrons. The Morgan fingerprint density at radius 3 is 2.67 bits per heavy atom. The fourth-order valence-electron chi connectivity index (χ4n) is 2.38. The van der Waals surface area contributed by atoms with Crippen LogP contribution in [0.15, 0.2) is 11.4 Å². The maximum Gasteiger partial charge on any atom is 0.367 e. The van der Waals surface area contributed by atoms with Crippen LogP contribution in [-0.2, 0) is 9.53 Å². The van der Waals surface area contributed by atoms with E-state index < -0.39 is 11.8 Å². The van der Waals surface area contributed by atoms with Crippen LogP contribution in [0.2, 0.25) is 0 Å². The molecule has 0 aromatic rings. The van der Waals surface area contributed by atoms with E-state index in [1.807, 2.05) is 0 Å². The van der Waals surface area contributed by atoms with E-state index in [9.17, 15) is 9.18 Å². The lowest BCUT2D eigenvalue weighted by molar-refractivity contribution is -0.140. The molecule has 2 bridgehead atoms. The second-order valence-corrected chi connectivity index (χ2v) is 4.11. The van der Waals surface area contributed by atoms with Crippen molar-refractivity contribution in [2.24, 2.45) is 5.92 Å². The van der Waals surface area contributed by atoms with Gasteiger partial charge in [-0.1, -0.05) is 0 Å². The molecule has 0 unspecified atom stereocenters. The first kappa shape index (κ1) is 10.6. The Morgan fingerprint density at radius 2 is 2.20 bits per heavy atom. The van der Waals surface area contributed by atoms with Gasteiger partial charge in [0.15, 0.2) is 0 Å². The number of carbonyl (C=O) groups excluding carboxylic acids is 1.